The molecule has 0 aromatic heterocycles. The Morgan fingerprint density at radius 2 is 1.80 bits per heavy atom. The van der Waals surface area contributed by atoms with Crippen LogP contribution in [0.15, 0.2) is 48.5 Å². The molecule has 106 valence electrons. The summed E-state index contributed by atoms with van der Waals surface area (Å²) in [5.74, 6) is -0.262. The zero-order valence-electron chi connectivity index (χ0n) is 11.0. The quantitative estimate of drug-likeness (QED) is 0.799. The first-order valence-corrected chi connectivity index (χ1v) is 6.94. The summed E-state index contributed by atoms with van der Waals surface area (Å²) in [6, 6.07) is 13.8. The van der Waals surface area contributed by atoms with E-state index in [1.54, 1.807) is 12.1 Å². The van der Waals surface area contributed by atoms with Gasteiger partial charge >= 0.3 is 0 Å². The second kappa shape index (κ2) is 7.39. The number of aliphatic hydroxyl groups is 1. The summed E-state index contributed by atoms with van der Waals surface area (Å²) in [6.45, 7) is 0.787. The van der Waals surface area contributed by atoms with Gasteiger partial charge in [-0.05, 0) is 42.3 Å². The van der Waals surface area contributed by atoms with Crippen LogP contribution in [0.25, 0.3) is 0 Å². The van der Waals surface area contributed by atoms with Crippen LogP contribution in [0.5, 0.6) is 0 Å². The first kappa shape index (κ1) is 15.0. The van der Waals surface area contributed by atoms with Gasteiger partial charge in [-0.2, -0.15) is 0 Å². The maximum absolute atomic E-state index is 13.1. The van der Waals surface area contributed by atoms with Crippen molar-refractivity contribution in [1.29, 1.82) is 0 Å². The van der Waals surface area contributed by atoms with E-state index in [1.807, 2.05) is 24.3 Å². The summed E-state index contributed by atoms with van der Waals surface area (Å²) in [7, 11) is 0. The smallest absolute Gasteiger partial charge is 0.123 e. The fourth-order valence-corrected chi connectivity index (χ4v) is 2.34. The van der Waals surface area contributed by atoms with E-state index in [-0.39, 0.29) is 18.5 Å². The van der Waals surface area contributed by atoms with Gasteiger partial charge in [-0.25, -0.2) is 4.39 Å². The van der Waals surface area contributed by atoms with Crippen LogP contribution in [-0.4, -0.2) is 18.3 Å². The Kier molecular flexibility index (Phi) is 5.53. The van der Waals surface area contributed by atoms with Crippen LogP contribution in [0, 0.1) is 5.82 Å². The maximum atomic E-state index is 13.1. The van der Waals surface area contributed by atoms with Gasteiger partial charge in [-0.1, -0.05) is 41.9 Å². The van der Waals surface area contributed by atoms with Crippen LogP contribution in [-0.2, 0) is 0 Å². The van der Waals surface area contributed by atoms with Crippen LogP contribution in [0.4, 0.5) is 4.39 Å². The molecule has 0 aliphatic carbocycles. The molecular formula is C16H17ClFNO. The van der Waals surface area contributed by atoms with E-state index >= 15 is 0 Å². The largest absolute Gasteiger partial charge is 0.396 e. The molecule has 0 fully saturated rings. The van der Waals surface area contributed by atoms with Gasteiger partial charge < -0.3 is 10.4 Å². The van der Waals surface area contributed by atoms with Gasteiger partial charge in [0, 0.05) is 11.6 Å². The first-order valence-electron chi connectivity index (χ1n) is 6.56. The Balaban J connectivity index is 2.29. The third-order valence-corrected chi connectivity index (χ3v) is 3.45. The number of hydrogen-bond donors (Lipinski definition) is 2. The van der Waals surface area contributed by atoms with E-state index in [0.717, 1.165) is 11.1 Å². The van der Waals surface area contributed by atoms with Crippen LogP contribution in [0.3, 0.4) is 0 Å². The highest BCUT2D eigenvalue weighted by Gasteiger charge is 2.16. The Morgan fingerprint density at radius 1 is 1.10 bits per heavy atom. The number of hydrogen-bond acceptors (Lipinski definition) is 2. The minimum Gasteiger partial charge on any atom is -0.396 e. The lowest BCUT2D eigenvalue weighted by molar-refractivity contribution is 0.284. The van der Waals surface area contributed by atoms with Gasteiger partial charge in [0.05, 0.1) is 6.04 Å². The lowest BCUT2D eigenvalue weighted by Gasteiger charge is -2.21. The van der Waals surface area contributed by atoms with Crippen molar-refractivity contribution in [2.24, 2.45) is 0 Å². The molecule has 0 bridgehead atoms. The average Bonchev–Trinajstić information content (AvgIpc) is 2.46. The molecule has 0 saturated carbocycles. The minimum absolute atomic E-state index is 0.115. The Hall–Kier alpha value is -1.42. The van der Waals surface area contributed by atoms with Gasteiger partial charge in [0.1, 0.15) is 5.82 Å². The fraction of sp³-hybridized carbons (Fsp3) is 0.250. The summed E-state index contributed by atoms with van der Waals surface area (Å²) in [6.07, 6.45) is 0.655. The van der Waals surface area contributed by atoms with E-state index < -0.39 is 0 Å². The SMILES string of the molecule is OCCCNC(c1ccc(F)cc1)c1ccccc1Cl. The molecule has 20 heavy (non-hydrogen) atoms. The number of nitrogens with one attached hydrogen (secondary N) is 1. The average molecular weight is 294 g/mol. The summed E-state index contributed by atoms with van der Waals surface area (Å²) in [4.78, 5) is 0. The third-order valence-electron chi connectivity index (χ3n) is 3.10. The van der Waals surface area contributed by atoms with Gasteiger partial charge in [0.25, 0.3) is 0 Å². The van der Waals surface area contributed by atoms with E-state index in [1.165, 1.54) is 12.1 Å². The van der Waals surface area contributed by atoms with E-state index in [4.69, 9.17) is 16.7 Å². The Bertz CT molecular complexity index is 544. The van der Waals surface area contributed by atoms with Gasteiger partial charge in [-0.15, -0.1) is 0 Å². The second-order valence-corrected chi connectivity index (χ2v) is 4.94. The van der Waals surface area contributed by atoms with Crippen molar-refractivity contribution in [3.05, 3.63) is 70.5 Å². The molecule has 0 heterocycles. The number of aliphatic hydroxyl groups excluding tert-OH is 1. The number of halogens is 2. The van der Waals surface area contributed by atoms with E-state index in [9.17, 15) is 4.39 Å². The Morgan fingerprint density at radius 3 is 2.45 bits per heavy atom. The highest BCUT2D eigenvalue weighted by atomic mass is 35.5. The molecule has 0 saturated heterocycles. The van der Waals surface area contributed by atoms with Gasteiger partial charge in [0.2, 0.25) is 0 Å². The predicted molar refractivity (Wildman–Crippen MR) is 79.4 cm³/mol. The van der Waals surface area contributed by atoms with E-state index in [2.05, 4.69) is 5.32 Å². The molecule has 2 nitrogen and oxygen atoms in total. The standard InChI is InChI=1S/C16H17ClFNO/c17-15-5-2-1-4-14(15)16(19-10-3-11-20)12-6-8-13(18)9-7-12/h1-2,4-9,16,19-20H,3,10-11H2. The van der Waals surface area contributed by atoms with Gasteiger partial charge in [-0.3, -0.25) is 0 Å². The summed E-state index contributed by atoms with van der Waals surface area (Å²) < 4.78 is 13.1. The van der Waals surface area contributed by atoms with E-state index in [0.29, 0.717) is 18.0 Å². The second-order valence-electron chi connectivity index (χ2n) is 4.54. The molecule has 2 aromatic carbocycles. The zero-order chi connectivity index (χ0) is 14.4. The molecule has 0 aliphatic heterocycles. The molecule has 1 unspecified atom stereocenters. The summed E-state index contributed by atoms with van der Waals surface area (Å²) in [5, 5.41) is 12.9. The monoisotopic (exact) mass is 293 g/mol. The Labute approximate surface area is 123 Å². The molecule has 0 radical (unpaired) electrons. The lowest BCUT2D eigenvalue weighted by atomic mass is 9.98. The van der Waals surface area contributed by atoms with Crippen LogP contribution < -0.4 is 5.32 Å². The van der Waals surface area contributed by atoms with Crippen LogP contribution in [0.1, 0.15) is 23.6 Å². The first-order chi connectivity index (χ1) is 9.72. The van der Waals surface area contributed by atoms with Crippen molar-refractivity contribution in [2.75, 3.05) is 13.2 Å². The topological polar surface area (TPSA) is 32.3 Å². The third kappa shape index (κ3) is 3.79. The van der Waals surface area contributed by atoms with Crippen molar-refractivity contribution in [3.63, 3.8) is 0 Å². The fourth-order valence-electron chi connectivity index (χ4n) is 2.10. The van der Waals surface area contributed by atoms with Crippen molar-refractivity contribution in [3.8, 4) is 0 Å². The molecule has 0 aliphatic rings. The molecule has 2 N–H and O–H groups in total. The molecular weight excluding hydrogens is 277 g/mol. The zero-order valence-corrected chi connectivity index (χ0v) is 11.8. The molecule has 2 aromatic rings. The summed E-state index contributed by atoms with van der Waals surface area (Å²) in [5.41, 5.74) is 1.89. The van der Waals surface area contributed by atoms with Crippen LogP contribution in [0.2, 0.25) is 5.02 Å². The van der Waals surface area contributed by atoms with Crippen molar-refractivity contribution < 1.29 is 9.50 Å². The highest BCUT2D eigenvalue weighted by Crippen LogP contribution is 2.28. The van der Waals surface area contributed by atoms with Gasteiger partial charge in [0.15, 0.2) is 0 Å². The molecule has 0 amide bonds. The lowest BCUT2D eigenvalue weighted by Crippen LogP contribution is -2.24. The number of benzene rings is 2. The molecule has 1 atom stereocenters. The molecule has 0 spiro atoms. The minimum atomic E-state index is -0.262. The van der Waals surface area contributed by atoms with Crippen LogP contribution >= 0.6 is 11.6 Å². The normalized spacial score (nSPS) is 12.3. The molecule has 4 heteroatoms. The maximum Gasteiger partial charge on any atom is 0.123 e. The van der Waals surface area contributed by atoms with Crippen molar-refractivity contribution in [2.45, 2.75) is 12.5 Å². The number of rotatable bonds is 6. The summed E-state index contributed by atoms with van der Waals surface area (Å²) >= 11 is 6.25. The van der Waals surface area contributed by atoms with Crippen molar-refractivity contribution >= 4 is 11.6 Å². The van der Waals surface area contributed by atoms with Crippen molar-refractivity contribution in [1.82, 2.24) is 5.32 Å². The predicted octanol–water partition coefficient (Wildman–Crippen LogP) is 3.54. The molecule has 2 rings (SSSR count). The highest BCUT2D eigenvalue weighted by molar-refractivity contribution is 6.31.